The standard InChI is InChI=1S/C17H18FN3O2/c1-21(2)15-9-7-14(8-10-15)20-17(23)11-16(22)19-13-5-3-12(18)4-6-13/h3-10H,11H2,1-2H3,(H,19,22)(H,20,23). The maximum absolute atomic E-state index is 12.8. The van der Waals surface area contributed by atoms with Gasteiger partial charge in [-0.1, -0.05) is 0 Å². The number of nitrogens with one attached hydrogen (secondary N) is 2. The van der Waals surface area contributed by atoms with Crippen LogP contribution >= 0.6 is 0 Å². The van der Waals surface area contributed by atoms with Crippen LogP contribution in [0.1, 0.15) is 6.42 Å². The van der Waals surface area contributed by atoms with Crippen molar-refractivity contribution < 1.29 is 14.0 Å². The molecule has 2 rings (SSSR count). The molecule has 0 radical (unpaired) electrons. The van der Waals surface area contributed by atoms with E-state index in [9.17, 15) is 14.0 Å². The molecule has 0 heterocycles. The molecule has 120 valence electrons. The molecule has 2 N–H and O–H groups in total. The summed E-state index contributed by atoms with van der Waals surface area (Å²) in [6.07, 6.45) is -0.313. The Bertz CT molecular complexity index is 682. The number of carbonyl (C=O) groups is 2. The average Bonchev–Trinajstić information content (AvgIpc) is 2.50. The first-order valence-corrected chi connectivity index (χ1v) is 7.07. The zero-order chi connectivity index (χ0) is 16.8. The fourth-order valence-electron chi connectivity index (χ4n) is 1.93. The van der Waals surface area contributed by atoms with Gasteiger partial charge >= 0.3 is 0 Å². The Morgan fingerprint density at radius 2 is 1.30 bits per heavy atom. The fraction of sp³-hybridized carbons (Fsp3) is 0.176. The number of carbonyl (C=O) groups excluding carboxylic acids is 2. The molecule has 0 aliphatic carbocycles. The molecule has 2 aromatic rings. The van der Waals surface area contributed by atoms with E-state index in [-0.39, 0.29) is 12.2 Å². The third kappa shape index (κ3) is 5.10. The Morgan fingerprint density at radius 3 is 1.74 bits per heavy atom. The highest BCUT2D eigenvalue weighted by Crippen LogP contribution is 2.16. The third-order valence-electron chi connectivity index (χ3n) is 3.12. The maximum Gasteiger partial charge on any atom is 0.233 e. The van der Waals surface area contributed by atoms with Gasteiger partial charge in [-0.05, 0) is 48.5 Å². The van der Waals surface area contributed by atoms with Crippen LogP contribution in [0.3, 0.4) is 0 Å². The molecule has 0 fully saturated rings. The van der Waals surface area contributed by atoms with Gasteiger partial charge in [-0.25, -0.2) is 4.39 Å². The first-order chi connectivity index (χ1) is 10.9. The fourth-order valence-corrected chi connectivity index (χ4v) is 1.93. The molecular formula is C17H18FN3O2. The summed E-state index contributed by atoms with van der Waals surface area (Å²) in [7, 11) is 3.85. The van der Waals surface area contributed by atoms with E-state index in [0.29, 0.717) is 11.4 Å². The molecule has 0 saturated heterocycles. The summed E-state index contributed by atoms with van der Waals surface area (Å²) in [5.74, 6) is -1.26. The van der Waals surface area contributed by atoms with Crippen LogP contribution in [0.5, 0.6) is 0 Å². The number of rotatable bonds is 5. The van der Waals surface area contributed by atoms with Crippen molar-refractivity contribution in [3.05, 3.63) is 54.3 Å². The second-order valence-electron chi connectivity index (χ2n) is 5.22. The molecule has 0 bridgehead atoms. The van der Waals surface area contributed by atoms with Gasteiger partial charge in [0, 0.05) is 31.2 Å². The van der Waals surface area contributed by atoms with E-state index in [0.717, 1.165) is 5.69 Å². The van der Waals surface area contributed by atoms with Crippen LogP contribution in [-0.4, -0.2) is 25.9 Å². The van der Waals surface area contributed by atoms with Crippen molar-refractivity contribution in [1.82, 2.24) is 0 Å². The van der Waals surface area contributed by atoms with Crippen LogP contribution in [-0.2, 0) is 9.59 Å². The van der Waals surface area contributed by atoms with Gasteiger partial charge in [0.15, 0.2) is 0 Å². The molecule has 0 aliphatic heterocycles. The zero-order valence-corrected chi connectivity index (χ0v) is 13.0. The van der Waals surface area contributed by atoms with Gasteiger partial charge in [0.2, 0.25) is 11.8 Å². The van der Waals surface area contributed by atoms with E-state index in [1.54, 1.807) is 12.1 Å². The van der Waals surface area contributed by atoms with Crippen LogP contribution in [0.15, 0.2) is 48.5 Å². The van der Waals surface area contributed by atoms with Gasteiger partial charge < -0.3 is 15.5 Å². The molecule has 6 heteroatoms. The summed E-state index contributed by atoms with van der Waals surface area (Å²) in [4.78, 5) is 25.6. The Hall–Kier alpha value is -2.89. The Labute approximate surface area is 134 Å². The summed E-state index contributed by atoms with van der Waals surface area (Å²) in [5, 5.41) is 5.19. The molecule has 0 atom stereocenters. The number of hydrogen-bond donors (Lipinski definition) is 2. The summed E-state index contributed by atoms with van der Waals surface area (Å²) in [5.41, 5.74) is 2.08. The van der Waals surface area contributed by atoms with Crippen molar-refractivity contribution in [2.24, 2.45) is 0 Å². The van der Waals surface area contributed by atoms with Crippen LogP contribution in [0.2, 0.25) is 0 Å². The topological polar surface area (TPSA) is 61.4 Å². The van der Waals surface area contributed by atoms with Crippen molar-refractivity contribution in [3.63, 3.8) is 0 Å². The second kappa shape index (κ2) is 7.40. The van der Waals surface area contributed by atoms with E-state index in [2.05, 4.69) is 10.6 Å². The number of benzene rings is 2. The van der Waals surface area contributed by atoms with Crippen molar-refractivity contribution >= 4 is 28.9 Å². The highest BCUT2D eigenvalue weighted by atomic mass is 19.1. The molecule has 0 spiro atoms. The van der Waals surface area contributed by atoms with E-state index in [1.807, 2.05) is 31.1 Å². The minimum Gasteiger partial charge on any atom is -0.378 e. The first kappa shape index (κ1) is 16.5. The molecule has 2 amide bonds. The van der Waals surface area contributed by atoms with Crippen LogP contribution in [0.4, 0.5) is 21.5 Å². The van der Waals surface area contributed by atoms with Gasteiger partial charge in [0.05, 0.1) is 0 Å². The normalized spacial score (nSPS) is 10.0. The van der Waals surface area contributed by atoms with E-state index in [1.165, 1.54) is 24.3 Å². The first-order valence-electron chi connectivity index (χ1n) is 7.07. The summed E-state index contributed by atoms with van der Waals surface area (Å²) < 4.78 is 12.8. The van der Waals surface area contributed by atoms with E-state index >= 15 is 0 Å². The van der Waals surface area contributed by atoms with Crippen molar-refractivity contribution in [1.29, 1.82) is 0 Å². The molecule has 0 aromatic heterocycles. The smallest absolute Gasteiger partial charge is 0.233 e. The van der Waals surface area contributed by atoms with Gasteiger partial charge in [0.1, 0.15) is 12.2 Å². The van der Waals surface area contributed by atoms with Gasteiger partial charge in [-0.15, -0.1) is 0 Å². The number of amides is 2. The summed E-state index contributed by atoms with van der Waals surface area (Å²) in [6, 6.07) is 12.6. The van der Waals surface area contributed by atoms with Gasteiger partial charge in [0.25, 0.3) is 0 Å². The number of hydrogen-bond acceptors (Lipinski definition) is 3. The zero-order valence-electron chi connectivity index (χ0n) is 13.0. The Balaban J connectivity index is 1.86. The largest absolute Gasteiger partial charge is 0.378 e. The molecule has 2 aromatic carbocycles. The van der Waals surface area contributed by atoms with Crippen molar-refractivity contribution in [2.45, 2.75) is 6.42 Å². The van der Waals surface area contributed by atoms with Crippen LogP contribution < -0.4 is 15.5 Å². The quantitative estimate of drug-likeness (QED) is 0.834. The van der Waals surface area contributed by atoms with E-state index in [4.69, 9.17) is 0 Å². The van der Waals surface area contributed by atoms with E-state index < -0.39 is 11.8 Å². The second-order valence-corrected chi connectivity index (χ2v) is 5.22. The SMILES string of the molecule is CN(C)c1ccc(NC(=O)CC(=O)Nc2ccc(F)cc2)cc1. The highest BCUT2D eigenvalue weighted by molar-refractivity contribution is 6.08. The number of halogens is 1. The summed E-state index contributed by atoms with van der Waals surface area (Å²) in [6.45, 7) is 0. The average molecular weight is 315 g/mol. The van der Waals surface area contributed by atoms with Crippen LogP contribution in [0, 0.1) is 5.82 Å². The molecular weight excluding hydrogens is 297 g/mol. The molecule has 0 unspecified atom stereocenters. The molecule has 23 heavy (non-hydrogen) atoms. The number of nitrogens with zero attached hydrogens (tertiary/aromatic N) is 1. The van der Waals surface area contributed by atoms with Crippen LogP contribution in [0.25, 0.3) is 0 Å². The lowest BCUT2D eigenvalue weighted by Gasteiger charge is -2.13. The monoisotopic (exact) mass is 315 g/mol. The molecule has 5 nitrogen and oxygen atoms in total. The summed E-state index contributed by atoms with van der Waals surface area (Å²) >= 11 is 0. The van der Waals surface area contributed by atoms with Gasteiger partial charge in [-0.3, -0.25) is 9.59 Å². The minimum absolute atomic E-state index is 0.313. The minimum atomic E-state index is -0.459. The van der Waals surface area contributed by atoms with Gasteiger partial charge in [-0.2, -0.15) is 0 Å². The predicted octanol–water partition coefficient (Wildman–Crippen LogP) is 2.86. The van der Waals surface area contributed by atoms with Crippen molar-refractivity contribution in [2.75, 3.05) is 29.6 Å². The third-order valence-corrected chi connectivity index (χ3v) is 3.12. The van der Waals surface area contributed by atoms with Crippen molar-refractivity contribution in [3.8, 4) is 0 Å². The number of anilines is 3. The lowest BCUT2D eigenvalue weighted by Crippen LogP contribution is -2.21. The molecule has 0 aliphatic rings. The lowest BCUT2D eigenvalue weighted by molar-refractivity contribution is -0.123. The molecule has 0 saturated carbocycles. The Morgan fingerprint density at radius 1 is 0.870 bits per heavy atom. The lowest BCUT2D eigenvalue weighted by atomic mass is 10.2. The predicted molar refractivity (Wildman–Crippen MR) is 89.0 cm³/mol. The highest BCUT2D eigenvalue weighted by Gasteiger charge is 2.10. The maximum atomic E-state index is 12.8. The Kier molecular flexibility index (Phi) is 5.30.